The molecule has 0 aliphatic heterocycles. The predicted octanol–water partition coefficient (Wildman–Crippen LogP) is 3.39. The van der Waals surface area contributed by atoms with Gasteiger partial charge in [0.05, 0.1) is 6.26 Å². The molecule has 0 saturated heterocycles. The lowest BCUT2D eigenvalue weighted by Crippen LogP contribution is -1.72. The van der Waals surface area contributed by atoms with E-state index < -0.39 is 0 Å². The molecule has 0 unspecified atom stereocenters. The quantitative estimate of drug-likeness (QED) is 0.585. The molecule has 2 aromatic rings. The Labute approximate surface area is 69.6 Å². The van der Waals surface area contributed by atoms with Crippen LogP contribution in [0.15, 0.2) is 28.9 Å². The van der Waals surface area contributed by atoms with E-state index >= 15 is 0 Å². The SMILES string of the molecule is Cc1cc(Cl)cc2occc12. The molecule has 1 aromatic carbocycles. The highest BCUT2D eigenvalue weighted by Gasteiger charge is 2.00. The number of rotatable bonds is 0. The fraction of sp³-hybridized carbons (Fsp3) is 0.111. The summed E-state index contributed by atoms with van der Waals surface area (Å²) < 4.78 is 5.20. The van der Waals surface area contributed by atoms with Gasteiger partial charge < -0.3 is 4.42 Å². The molecule has 0 fully saturated rings. The summed E-state index contributed by atoms with van der Waals surface area (Å²) in [6.45, 7) is 2.02. The van der Waals surface area contributed by atoms with Gasteiger partial charge in [-0.2, -0.15) is 0 Å². The predicted molar refractivity (Wildman–Crippen MR) is 46.0 cm³/mol. The van der Waals surface area contributed by atoms with Crippen LogP contribution in [-0.2, 0) is 0 Å². The average molecular weight is 167 g/mol. The second-order valence-electron chi connectivity index (χ2n) is 2.56. The zero-order valence-corrected chi connectivity index (χ0v) is 6.85. The zero-order chi connectivity index (χ0) is 7.84. The Morgan fingerprint density at radius 2 is 2.18 bits per heavy atom. The lowest BCUT2D eigenvalue weighted by molar-refractivity contribution is 0.616. The second kappa shape index (κ2) is 2.28. The summed E-state index contributed by atoms with van der Waals surface area (Å²) in [5.41, 5.74) is 2.01. The van der Waals surface area contributed by atoms with E-state index in [1.807, 2.05) is 25.1 Å². The van der Waals surface area contributed by atoms with Gasteiger partial charge in [-0.25, -0.2) is 0 Å². The van der Waals surface area contributed by atoms with Crippen LogP contribution in [0.2, 0.25) is 5.02 Å². The maximum atomic E-state index is 5.82. The van der Waals surface area contributed by atoms with Crippen molar-refractivity contribution in [1.29, 1.82) is 0 Å². The molecular formula is C9H7ClO. The minimum atomic E-state index is 0.727. The van der Waals surface area contributed by atoms with E-state index in [2.05, 4.69) is 0 Å². The molecule has 0 spiro atoms. The van der Waals surface area contributed by atoms with Crippen LogP contribution in [0.4, 0.5) is 0 Å². The highest BCUT2D eigenvalue weighted by Crippen LogP contribution is 2.23. The molecule has 0 aliphatic rings. The summed E-state index contributed by atoms with van der Waals surface area (Å²) in [6.07, 6.45) is 1.67. The minimum Gasteiger partial charge on any atom is -0.464 e. The molecule has 1 heterocycles. The number of benzene rings is 1. The number of furan rings is 1. The van der Waals surface area contributed by atoms with Crippen LogP contribution in [0, 0.1) is 6.92 Å². The van der Waals surface area contributed by atoms with Crippen LogP contribution in [0.1, 0.15) is 5.56 Å². The van der Waals surface area contributed by atoms with Gasteiger partial charge in [0.2, 0.25) is 0 Å². The standard InChI is InChI=1S/C9H7ClO/c1-6-4-7(10)5-9-8(6)2-3-11-9/h2-5H,1H3. The summed E-state index contributed by atoms with van der Waals surface area (Å²) in [5.74, 6) is 0. The normalized spacial score (nSPS) is 10.7. The van der Waals surface area contributed by atoms with Crippen LogP contribution in [-0.4, -0.2) is 0 Å². The fourth-order valence-electron chi connectivity index (χ4n) is 1.21. The second-order valence-corrected chi connectivity index (χ2v) is 2.99. The number of hydrogen-bond donors (Lipinski definition) is 0. The van der Waals surface area contributed by atoms with Gasteiger partial charge >= 0.3 is 0 Å². The van der Waals surface area contributed by atoms with Gasteiger partial charge in [0.15, 0.2) is 0 Å². The lowest BCUT2D eigenvalue weighted by atomic mass is 10.1. The molecule has 0 saturated carbocycles. The maximum absolute atomic E-state index is 5.82. The Morgan fingerprint density at radius 1 is 1.36 bits per heavy atom. The largest absolute Gasteiger partial charge is 0.464 e. The van der Waals surface area contributed by atoms with Crippen molar-refractivity contribution >= 4 is 22.6 Å². The topological polar surface area (TPSA) is 13.1 Å². The molecule has 0 aliphatic carbocycles. The van der Waals surface area contributed by atoms with Crippen molar-refractivity contribution < 1.29 is 4.42 Å². The van der Waals surface area contributed by atoms with Crippen LogP contribution in [0.3, 0.4) is 0 Å². The third-order valence-electron chi connectivity index (χ3n) is 1.74. The van der Waals surface area contributed by atoms with Gasteiger partial charge in [-0.05, 0) is 24.6 Å². The van der Waals surface area contributed by atoms with E-state index in [0.717, 1.165) is 21.6 Å². The van der Waals surface area contributed by atoms with Gasteiger partial charge in [-0.3, -0.25) is 0 Å². The van der Waals surface area contributed by atoms with Gasteiger partial charge in [0.25, 0.3) is 0 Å². The molecule has 2 heteroatoms. The summed E-state index contributed by atoms with van der Waals surface area (Å²) in [5, 5.41) is 1.86. The van der Waals surface area contributed by atoms with Crippen molar-refractivity contribution in [2.75, 3.05) is 0 Å². The van der Waals surface area contributed by atoms with E-state index in [4.69, 9.17) is 16.0 Å². The lowest BCUT2D eigenvalue weighted by Gasteiger charge is -1.94. The number of aryl methyl sites for hydroxylation is 1. The summed E-state index contributed by atoms with van der Waals surface area (Å²) in [6, 6.07) is 5.70. The zero-order valence-electron chi connectivity index (χ0n) is 6.10. The monoisotopic (exact) mass is 166 g/mol. The smallest absolute Gasteiger partial charge is 0.135 e. The molecule has 0 amide bonds. The molecule has 2 rings (SSSR count). The first-order valence-electron chi connectivity index (χ1n) is 3.41. The molecule has 0 bridgehead atoms. The molecule has 0 atom stereocenters. The number of hydrogen-bond acceptors (Lipinski definition) is 1. The number of fused-ring (bicyclic) bond motifs is 1. The van der Waals surface area contributed by atoms with Crippen LogP contribution >= 0.6 is 11.6 Å². The molecule has 11 heavy (non-hydrogen) atoms. The van der Waals surface area contributed by atoms with Gasteiger partial charge in [0, 0.05) is 16.5 Å². The Hall–Kier alpha value is -0.950. The highest BCUT2D eigenvalue weighted by atomic mass is 35.5. The average Bonchev–Trinajstić information content (AvgIpc) is 2.34. The van der Waals surface area contributed by atoms with Crippen molar-refractivity contribution in [2.24, 2.45) is 0 Å². The van der Waals surface area contributed by atoms with Gasteiger partial charge in [0.1, 0.15) is 5.58 Å². The van der Waals surface area contributed by atoms with Crippen LogP contribution < -0.4 is 0 Å². The Bertz CT molecular complexity index is 389. The first kappa shape index (κ1) is 6.74. The molecule has 0 N–H and O–H groups in total. The molecule has 56 valence electrons. The fourth-order valence-corrected chi connectivity index (χ4v) is 1.47. The maximum Gasteiger partial charge on any atom is 0.135 e. The van der Waals surface area contributed by atoms with E-state index in [9.17, 15) is 0 Å². The van der Waals surface area contributed by atoms with E-state index in [-0.39, 0.29) is 0 Å². The Balaban J connectivity index is 2.91. The van der Waals surface area contributed by atoms with Crippen LogP contribution in [0.25, 0.3) is 11.0 Å². The molecule has 0 radical (unpaired) electrons. The van der Waals surface area contributed by atoms with Crippen molar-refractivity contribution in [1.82, 2.24) is 0 Å². The van der Waals surface area contributed by atoms with E-state index in [1.165, 1.54) is 0 Å². The van der Waals surface area contributed by atoms with Crippen molar-refractivity contribution in [2.45, 2.75) is 6.92 Å². The summed E-state index contributed by atoms with van der Waals surface area (Å²) in [7, 11) is 0. The summed E-state index contributed by atoms with van der Waals surface area (Å²) >= 11 is 5.82. The number of halogens is 1. The van der Waals surface area contributed by atoms with Gasteiger partial charge in [-0.1, -0.05) is 11.6 Å². The van der Waals surface area contributed by atoms with Gasteiger partial charge in [-0.15, -0.1) is 0 Å². The van der Waals surface area contributed by atoms with Crippen molar-refractivity contribution in [3.8, 4) is 0 Å². The third kappa shape index (κ3) is 1.02. The summed E-state index contributed by atoms with van der Waals surface area (Å²) in [4.78, 5) is 0. The first-order chi connectivity index (χ1) is 5.27. The first-order valence-corrected chi connectivity index (χ1v) is 3.78. The Kier molecular flexibility index (Phi) is 1.40. The molecule has 1 nitrogen and oxygen atoms in total. The van der Waals surface area contributed by atoms with Crippen molar-refractivity contribution in [3.63, 3.8) is 0 Å². The molecule has 1 aromatic heterocycles. The van der Waals surface area contributed by atoms with Crippen molar-refractivity contribution in [3.05, 3.63) is 35.0 Å². The molecular weight excluding hydrogens is 160 g/mol. The Morgan fingerprint density at radius 3 is 3.00 bits per heavy atom. The van der Waals surface area contributed by atoms with Crippen LogP contribution in [0.5, 0.6) is 0 Å². The highest BCUT2D eigenvalue weighted by molar-refractivity contribution is 6.31. The van der Waals surface area contributed by atoms with E-state index in [1.54, 1.807) is 6.26 Å². The third-order valence-corrected chi connectivity index (χ3v) is 1.96. The minimum absolute atomic E-state index is 0.727. The van der Waals surface area contributed by atoms with E-state index in [0.29, 0.717) is 0 Å².